The lowest BCUT2D eigenvalue weighted by Gasteiger charge is -2.09. The van der Waals surface area contributed by atoms with E-state index in [0.29, 0.717) is 16.7 Å². The van der Waals surface area contributed by atoms with Crippen LogP contribution < -0.4 is 11.1 Å². The number of hydrogen-bond donors (Lipinski definition) is 2. The quantitative estimate of drug-likeness (QED) is 0.876. The SMILES string of the molecule is CCCc1nc(N)cc(Nc2ccc(Cl)c(Br)c2)n1. The first-order valence-corrected chi connectivity index (χ1v) is 7.11. The molecular formula is C13H14BrClN4. The number of hydrogen-bond acceptors (Lipinski definition) is 4. The Morgan fingerprint density at radius 3 is 2.79 bits per heavy atom. The van der Waals surface area contributed by atoms with E-state index in [2.05, 4.69) is 38.1 Å². The molecule has 0 aliphatic heterocycles. The van der Waals surface area contributed by atoms with E-state index in [1.54, 1.807) is 6.07 Å². The van der Waals surface area contributed by atoms with Crippen molar-refractivity contribution in [3.63, 3.8) is 0 Å². The van der Waals surface area contributed by atoms with Crippen molar-refractivity contribution in [3.05, 3.63) is 39.6 Å². The summed E-state index contributed by atoms with van der Waals surface area (Å²) in [5, 5.41) is 3.86. The van der Waals surface area contributed by atoms with E-state index in [-0.39, 0.29) is 0 Å². The molecule has 0 aliphatic rings. The Balaban J connectivity index is 2.24. The monoisotopic (exact) mass is 340 g/mol. The Kier molecular flexibility index (Phi) is 4.61. The second-order valence-corrected chi connectivity index (χ2v) is 5.36. The molecule has 2 rings (SSSR count). The van der Waals surface area contributed by atoms with Crippen LogP contribution in [0.4, 0.5) is 17.3 Å². The molecule has 1 aromatic heterocycles. The molecule has 1 aromatic carbocycles. The zero-order valence-corrected chi connectivity index (χ0v) is 12.8. The summed E-state index contributed by atoms with van der Waals surface area (Å²) >= 11 is 9.34. The summed E-state index contributed by atoms with van der Waals surface area (Å²) in [6.45, 7) is 2.08. The maximum atomic E-state index is 5.96. The fourth-order valence-electron chi connectivity index (χ4n) is 1.64. The summed E-state index contributed by atoms with van der Waals surface area (Å²) in [5.41, 5.74) is 6.66. The van der Waals surface area contributed by atoms with E-state index >= 15 is 0 Å². The van der Waals surface area contributed by atoms with Crippen molar-refractivity contribution in [2.24, 2.45) is 0 Å². The first-order chi connectivity index (χ1) is 9.08. The average Bonchev–Trinajstić information content (AvgIpc) is 2.33. The van der Waals surface area contributed by atoms with E-state index in [0.717, 1.165) is 28.8 Å². The predicted octanol–water partition coefficient (Wildman–Crippen LogP) is 4.17. The fourth-order valence-corrected chi connectivity index (χ4v) is 2.14. The fraction of sp³-hybridized carbons (Fsp3) is 0.231. The number of anilines is 3. The van der Waals surface area contributed by atoms with Gasteiger partial charge in [0.1, 0.15) is 17.5 Å². The summed E-state index contributed by atoms with van der Waals surface area (Å²) < 4.78 is 0.829. The van der Waals surface area contributed by atoms with Crippen LogP contribution >= 0.6 is 27.5 Å². The number of aryl methyl sites for hydroxylation is 1. The van der Waals surface area contributed by atoms with E-state index < -0.39 is 0 Å². The minimum absolute atomic E-state index is 0.467. The van der Waals surface area contributed by atoms with Crippen molar-refractivity contribution in [2.75, 3.05) is 11.1 Å². The smallest absolute Gasteiger partial charge is 0.136 e. The Morgan fingerprint density at radius 2 is 2.11 bits per heavy atom. The maximum absolute atomic E-state index is 5.96. The first kappa shape index (κ1) is 14.1. The Hall–Kier alpha value is -1.33. The van der Waals surface area contributed by atoms with Crippen molar-refractivity contribution in [2.45, 2.75) is 19.8 Å². The van der Waals surface area contributed by atoms with Crippen LogP contribution in [0.3, 0.4) is 0 Å². The molecular weight excluding hydrogens is 328 g/mol. The maximum Gasteiger partial charge on any atom is 0.136 e. The highest BCUT2D eigenvalue weighted by atomic mass is 79.9. The van der Waals surface area contributed by atoms with Gasteiger partial charge in [-0.25, -0.2) is 9.97 Å². The van der Waals surface area contributed by atoms with Gasteiger partial charge in [-0.3, -0.25) is 0 Å². The van der Waals surface area contributed by atoms with Gasteiger partial charge in [0.05, 0.1) is 5.02 Å². The zero-order chi connectivity index (χ0) is 13.8. The zero-order valence-electron chi connectivity index (χ0n) is 10.5. The minimum atomic E-state index is 0.467. The van der Waals surface area contributed by atoms with Crippen molar-refractivity contribution >= 4 is 44.9 Å². The topological polar surface area (TPSA) is 63.8 Å². The molecule has 3 N–H and O–H groups in total. The van der Waals surface area contributed by atoms with Gasteiger partial charge in [-0.15, -0.1) is 0 Å². The lowest BCUT2D eigenvalue weighted by atomic mass is 10.3. The second-order valence-electron chi connectivity index (χ2n) is 4.10. The first-order valence-electron chi connectivity index (χ1n) is 5.94. The van der Waals surface area contributed by atoms with Gasteiger partial charge in [-0.05, 0) is 40.5 Å². The third-order valence-electron chi connectivity index (χ3n) is 2.46. The number of nitrogen functional groups attached to an aromatic ring is 1. The summed E-state index contributed by atoms with van der Waals surface area (Å²) in [6, 6.07) is 7.29. The van der Waals surface area contributed by atoms with Crippen LogP contribution in [0, 0.1) is 0 Å². The van der Waals surface area contributed by atoms with Crippen LogP contribution in [0.2, 0.25) is 5.02 Å². The van der Waals surface area contributed by atoms with Crippen LogP contribution in [0.15, 0.2) is 28.7 Å². The highest BCUT2D eigenvalue weighted by molar-refractivity contribution is 9.10. The molecule has 0 radical (unpaired) electrons. The van der Waals surface area contributed by atoms with Crippen molar-refractivity contribution < 1.29 is 0 Å². The molecule has 0 aliphatic carbocycles. The normalized spacial score (nSPS) is 10.5. The highest BCUT2D eigenvalue weighted by Gasteiger charge is 2.04. The third-order valence-corrected chi connectivity index (χ3v) is 3.67. The van der Waals surface area contributed by atoms with Gasteiger partial charge >= 0.3 is 0 Å². The molecule has 100 valence electrons. The van der Waals surface area contributed by atoms with Crippen molar-refractivity contribution in [1.82, 2.24) is 9.97 Å². The summed E-state index contributed by atoms with van der Waals surface area (Å²) in [4.78, 5) is 8.61. The Bertz CT molecular complexity index is 589. The van der Waals surface area contributed by atoms with Crippen LogP contribution in [0.1, 0.15) is 19.2 Å². The van der Waals surface area contributed by atoms with Crippen LogP contribution in [0.5, 0.6) is 0 Å². The van der Waals surface area contributed by atoms with Crippen LogP contribution in [0.25, 0.3) is 0 Å². The number of aromatic nitrogens is 2. The molecule has 0 spiro atoms. The van der Waals surface area contributed by atoms with Crippen molar-refractivity contribution in [1.29, 1.82) is 0 Å². The molecule has 0 amide bonds. The largest absolute Gasteiger partial charge is 0.384 e. The van der Waals surface area contributed by atoms with Gasteiger partial charge in [0, 0.05) is 22.6 Å². The number of rotatable bonds is 4. The van der Waals surface area contributed by atoms with E-state index in [4.69, 9.17) is 17.3 Å². The van der Waals surface area contributed by atoms with E-state index in [1.165, 1.54) is 0 Å². The Labute approximate surface area is 125 Å². The molecule has 0 atom stereocenters. The van der Waals surface area contributed by atoms with Crippen LogP contribution in [-0.2, 0) is 6.42 Å². The average molecular weight is 342 g/mol. The molecule has 2 aromatic rings. The lowest BCUT2D eigenvalue weighted by molar-refractivity contribution is 0.839. The van der Waals surface area contributed by atoms with Gasteiger partial charge in [0.25, 0.3) is 0 Å². The Morgan fingerprint density at radius 1 is 1.32 bits per heavy atom. The molecule has 0 fully saturated rings. The number of nitrogens with zero attached hydrogens (tertiary/aromatic N) is 2. The molecule has 1 heterocycles. The standard InChI is InChI=1S/C13H14BrClN4/c1-2-3-12-18-11(16)7-13(19-12)17-8-4-5-10(15)9(14)6-8/h4-7H,2-3H2,1H3,(H3,16,17,18,19). The summed E-state index contributed by atoms with van der Waals surface area (Å²) in [6.07, 6.45) is 1.79. The molecule has 4 nitrogen and oxygen atoms in total. The number of halogens is 2. The predicted molar refractivity (Wildman–Crippen MR) is 82.9 cm³/mol. The van der Waals surface area contributed by atoms with Gasteiger partial charge in [0.15, 0.2) is 0 Å². The summed E-state index contributed by atoms with van der Waals surface area (Å²) in [5.74, 6) is 1.90. The number of benzene rings is 1. The lowest BCUT2D eigenvalue weighted by Crippen LogP contribution is -2.03. The molecule has 6 heteroatoms. The highest BCUT2D eigenvalue weighted by Crippen LogP contribution is 2.27. The number of nitrogens with two attached hydrogens (primary N) is 1. The second kappa shape index (κ2) is 6.21. The van der Waals surface area contributed by atoms with Gasteiger partial charge < -0.3 is 11.1 Å². The third kappa shape index (κ3) is 3.81. The van der Waals surface area contributed by atoms with Crippen molar-refractivity contribution in [3.8, 4) is 0 Å². The molecule has 0 unspecified atom stereocenters. The van der Waals surface area contributed by atoms with Gasteiger partial charge in [0.2, 0.25) is 0 Å². The van der Waals surface area contributed by atoms with Gasteiger partial charge in [-0.1, -0.05) is 18.5 Å². The van der Waals surface area contributed by atoms with Gasteiger partial charge in [-0.2, -0.15) is 0 Å². The minimum Gasteiger partial charge on any atom is -0.384 e. The van der Waals surface area contributed by atoms with E-state index in [1.807, 2.05) is 18.2 Å². The van der Waals surface area contributed by atoms with E-state index in [9.17, 15) is 0 Å². The molecule has 0 bridgehead atoms. The molecule has 0 saturated heterocycles. The molecule has 0 saturated carbocycles. The number of nitrogens with one attached hydrogen (secondary N) is 1. The van der Waals surface area contributed by atoms with Crippen LogP contribution in [-0.4, -0.2) is 9.97 Å². The molecule has 19 heavy (non-hydrogen) atoms. The summed E-state index contributed by atoms with van der Waals surface area (Å²) in [7, 11) is 0.